The van der Waals surface area contributed by atoms with E-state index in [0.29, 0.717) is 4.73 Å². The monoisotopic (exact) mass is 232 g/mol. The normalized spacial score (nSPS) is 9.50. The minimum Gasteiger partial charge on any atom is -0.394 e. The fourth-order valence-electron chi connectivity index (χ4n) is 0.666. The Morgan fingerprint density at radius 1 is 1.75 bits per heavy atom. The Morgan fingerprint density at radius 2 is 2.50 bits per heavy atom. The maximum Gasteiger partial charge on any atom is 0.217 e. The fraction of sp³-hybridized carbons (Fsp3) is 0.500. The van der Waals surface area contributed by atoms with Crippen LogP contribution in [-0.2, 0) is 6.54 Å². The standard InChI is InChI=1S/C4H5BrN6O/c5-3-7-4(8-10-6)11(9-3)1-2-12/h12H,1-2H2. The first kappa shape index (κ1) is 8.98. The van der Waals surface area contributed by atoms with Crippen LogP contribution in [0.4, 0.5) is 5.95 Å². The molecule has 0 aliphatic heterocycles. The Hall–Kier alpha value is -1.11. The summed E-state index contributed by atoms with van der Waals surface area (Å²) in [6.45, 7) is 0.177. The first-order valence-corrected chi connectivity index (χ1v) is 3.83. The van der Waals surface area contributed by atoms with Crippen LogP contribution >= 0.6 is 15.9 Å². The second-order valence-corrected chi connectivity index (χ2v) is 2.53. The molecule has 0 aliphatic carbocycles. The van der Waals surface area contributed by atoms with Gasteiger partial charge in [-0.15, -0.1) is 5.10 Å². The van der Waals surface area contributed by atoms with E-state index >= 15 is 0 Å². The lowest BCUT2D eigenvalue weighted by molar-refractivity contribution is 0.270. The van der Waals surface area contributed by atoms with Crippen molar-refractivity contribution in [3.63, 3.8) is 0 Å². The third-order valence-electron chi connectivity index (χ3n) is 1.07. The van der Waals surface area contributed by atoms with Gasteiger partial charge in [0.2, 0.25) is 10.7 Å². The van der Waals surface area contributed by atoms with Gasteiger partial charge >= 0.3 is 0 Å². The molecule has 64 valence electrons. The second-order valence-electron chi connectivity index (χ2n) is 1.82. The number of halogens is 1. The summed E-state index contributed by atoms with van der Waals surface area (Å²) in [6, 6.07) is 0. The molecule has 1 N–H and O–H groups in total. The van der Waals surface area contributed by atoms with Crippen molar-refractivity contribution in [2.24, 2.45) is 5.11 Å². The molecule has 7 nitrogen and oxygen atoms in total. The molecule has 0 bridgehead atoms. The highest BCUT2D eigenvalue weighted by Gasteiger charge is 2.04. The van der Waals surface area contributed by atoms with Gasteiger partial charge in [0, 0.05) is 4.91 Å². The molecule has 1 aromatic rings. The molecule has 0 aliphatic rings. The topological polar surface area (TPSA) is 99.7 Å². The van der Waals surface area contributed by atoms with Gasteiger partial charge in [0.05, 0.1) is 13.2 Å². The third kappa shape index (κ3) is 1.94. The summed E-state index contributed by atoms with van der Waals surface area (Å²) in [5.41, 5.74) is 8.12. The Bertz CT molecular complexity index is 315. The zero-order valence-corrected chi connectivity index (χ0v) is 7.51. The summed E-state index contributed by atoms with van der Waals surface area (Å²) in [7, 11) is 0. The predicted molar refractivity (Wildman–Crippen MR) is 43.6 cm³/mol. The van der Waals surface area contributed by atoms with Gasteiger partial charge < -0.3 is 5.11 Å². The van der Waals surface area contributed by atoms with Crippen molar-refractivity contribution in [3.05, 3.63) is 15.2 Å². The molecule has 12 heavy (non-hydrogen) atoms. The summed E-state index contributed by atoms with van der Waals surface area (Å²) >= 11 is 3.01. The molecule has 1 rings (SSSR count). The minimum absolute atomic E-state index is 0.0796. The lowest BCUT2D eigenvalue weighted by Gasteiger charge is -1.96. The van der Waals surface area contributed by atoms with E-state index in [1.54, 1.807) is 0 Å². The Balaban J connectivity index is 2.99. The van der Waals surface area contributed by atoms with Crippen LogP contribution in [0.3, 0.4) is 0 Å². The summed E-state index contributed by atoms with van der Waals surface area (Å²) in [5.74, 6) is 0.137. The van der Waals surface area contributed by atoms with Gasteiger partial charge in [-0.2, -0.15) is 4.98 Å². The molecule has 8 heteroatoms. The lowest BCUT2D eigenvalue weighted by atomic mass is 10.7. The van der Waals surface area contributed by atoms with Crippen LogP contribution in [0.1, 0.15) is 0 Å². The molecule has 0 unspecified atom stereocenters. The first-order valence-electron chi connectivity index (χ1n) is 3.04. The average molecular weight is 233 g/mol. The maximum absolute atomic E-state index is 8.58. The van der Waals surface area contributed by atoms with E-state index in [2.05, 4.69) is 36.0 Å². The van der Waals surface area contributed by atoms with Gasteiger partial charge in [-0.05, 0) is 26.6 Å². The summed E-state index contributed by atoms with van der Waals surface area (Å²) < 4.78 is 1.64. The van der Waals surface area contributed by atoms with Crippen LogP contribution in [0.15, 0.2) is 9.85 Å². The van der Waals surface area contributed by atoms with Gasteiger partial charge in [-0.3, -0.25) is 0 Å². The van der Waals surface area contributed by atoms with Gasteiger partial charge in [0.1, 0.15) is 0 Å². The second kappa shape index (κ2) is 4.05. The predicted octanol–water partition coefficient (Wildman–Crippen LogP) is 0.975. The fourth-order valence-corrected chi connectivity index (χ4v) is 1.02. The van der Waals surface area contributed by atoms with Gasteiger partial charge in [-0.1, -0.05) is 0 Å². The largest absolute Gasteiger partial charge is 0.394 e. The lowest BCUT2D eigenvalue weighted by Crippen LogP contribution is -2.02. The van der Waals surface area contributed by atoms with Crippen molar-refractivity contribution in [2.75, 3.05) is 6.61 Å². The van der Waals surface area contributed by atoms with Crippen LogP contribution in [-0.4, -0.2) is 26.5 Å². The molecule has 1 aromatic heterocycles. The van der Waals surface area contributed by atoms with Gasteiger partial charge in [0.15, 0.2) is 0 Å². The molecular weight excluding hydrogens is 228 g/mol. The van der Waals surface area contributed by atoms with Gasteiger partial charge in [0.25, 0.3) is 0 Å². The average Bonchev–Trinajstić information content (AvgIpc) is 2.33. The minimum atomic E-state index is -0.0796. The summed E-state index contributed by atoms with van der Waals surface area (Å²) in [5, 5.41) is 15.7. The van der Waals surface area contributed by atoms with Crippen molar-refractivity contribution >= 4 is 21.9 Å². The van der Waals surface area contributed by atoms with Crippen molar-refractivity contribution in [1.82, 2.24) is 14.8 Å². The van der Waals surface area contributed by atoms with Crippen LogP contribution in [0, 0.1) is 0 Å². The van der Waals surface area contributed by atoms with Crippen LogP contribution in [0.25, 0.3) is 10.4 Å². The van der Waals surface area contributed by atoms with Gasteiger partial charge in [-0.25, -0.2) is 4.68 Å². The van der Waals surface area contributed by atoms with E-state index < -0.39 is 0 Å². The summed E-state index contributed by atoms with van der Waals surface area (Å²) in [6.07, 6.45) is 0. The summed E-state index contributed by atoms with van der Waals surface area (Å²) in [4.78, 5) is 6.32. The molecule has 1 heterocycles. The highest BCUT2D eigenvalue weighted by molar-refractivity contribution is 9.10. The van der Waals surface area contributed by atoms with Crippen molar-refractivity contribution in [3.8, 4) is 0 Å². The maximum atomic E-state index is 8.58. The van der Waals surface area contributed by atoms with E-state index in [9.17, 15) is 0 Å². The molecule has 0 saturated carbocycles. The third-order valence-corrected chi connectivity index (χ3v) is 1.41. The zero-order chi connectivity index (χ0) is 8.97. The molecule has 0 amide bonds. The number of hydrogen-bond donors (Lipinski definition) is 1. The number of aliphatic hydroxyl groups is 1. The SMILES string of the molecule is [N-]=[N+]=Nc1nc(Br)nn1CCO. The quantitative estimate of drug-likeness (QED) is 0.478. The highest BCUT2D eigenvalue weighted by Crippen LogP contribution is 2.12. The Morgan fingerprint density at radius 3 is 3.08 bits per heavy atom. The number of nitrogens with zero attached hydrogens (tertiary/aromatic N) is 6. The van der Waals surface area contributed by atoms with Crippen LogP contribution in [0.5, 0.6) is 0 Å². The van der Waals surface area contributed by atoms with E-state index in [0.717, 1.165) is 0 Å². The zero-order valence-electron chi connectivity index (χ0n) is 5.92. The van der Waals surface area contributed by atoms with Crippen molar-refractivity contribution in [1.29, 1.82) is 0 Å². The first-order chi connectivity index (χ1) is 5.77. The van der Waals surface area contributed by atoms with Crippen molar-refractivity contribution in [2.45, 2.75) is 6.54 Å². The number of hydrogen-bond acceptors (Lipinski definition) is 4. The number of azide groups is 1. The Labute approximate surface area is 75.8 Å². The van der Waals surface area contributed by atoms with E-state index in [4.69, 9.17) is 10.6 Å². The van der Waals surface area contributed by atoms with Crippen LogP contribution < -0.4 is 0 Å². The highest BCUT2D eigenvalue weighted by atomic mass is 79.9. The molecule has 0 saturated heterocycles. The Kier molecular flexibility index (Phi) is 3.03. The molecule has 0 fully saturated rings. The van der Waals surface area contributed by atoms with E-state index in [1.807, 2.05) is 0 Å². The van der Waals surface area contributed by atoms with Crippen molar-refractivity contribution < 1.29 is 5.11 Å². The molecule has 0 atom stereocenters. The number of aromatic nitrogens is 3. The number of aliphatic hydroxyl groups excluding tert-OH is 1. The number of rotatable bonds is 3. The smallest absolute Gasteiger partial charge is 0.217 e. The van der Waals surface area contributed by atoms with Crippen LogP contribution in [0.2, 0.25) is 0 Å². The molecule has 0 radical (unpaired) electrons. The van der Waals surface area contributed by atoms with E-state index in [1.165, 1.54) is 4.68 Å². The molecular formula is C4H5BrN6O. The molecule has 0 aromatic carbocycles. The van der Waals surface area contributed by atoms with E-state index in [-0.39, 0.29) is 19.1 Å². The molecule has 0 spiro atoms.